The zero-order valence-electron chi connectivity index (χ0n) is 10.4. The summed E-state index contributed by atoms with van der Waals surface area (Å²) >= 11 is 0. The summed E-state index contributed by atoms with van der Waals surface area (Å²) in [4.78, 5) is 13.2. The highest BCUT2D eigenvalue weighted by atomic mass is 32.2. The highest BCUT2D eigenvalue weighted by Crippen LogP contribution is 2.19. The molecule has 0 bridgehead atoms. The van der Waals surface area contributed by atoms with Crippen LogP contribution in [0.5, 0.6) is 0 Å². The van der Waals surface area contributed by atoms with Crippen molar-refractivity contribution in [2.45, 2.75) is 25.2 Å². The molecule has 0 aliphatic rings. The maximum atomic E-state index is 11.9. The average molecular weight is 274 g/mol. The molecule has 1 rings (SSSR count). The molecule has 7 heteroatoms. The van der Waals surface area contributed by atoms with Crippen LogP contribution in [0.15, 0.2) is 28.0 Å². The molecule has 0 radical (unpaired) electrons. The van der Waals surface area contributed by atoms with Crippen molar-refractivity contribution in [1.82, 2.24) is 9.71 Å². The highest BCUT2D eigenvalue weighted by Gasteiger charge is 2.21. The van der Waals surface area contributed by atoms with Crippen LogP contribution in [-0.2, 0) is 10.0 Å². The molecule has 0 atom stereocenters. The summed E-state index contributed by atoms with van der Waals surface area (Å²) in [6, 6.07) is 2.41. The largest absolute Gasteiger partial charge is 0.396 e. The van der Waals surface area contributed by atoms with E-state index in [0.717, 1.165) is 12.3 Å². The van der Waals surface area contributed by atoms with Gasteiger partial charge < -0.3 is 10.1 Å². The maximum absolute atomic E-state index is 11.9. The molecule has 1 aromatic heterocycles. The van der Waals surface area contributed by atoms with E-state index in [1.165, 1.54) is 6.07 Å². The quantitative estimate of drug-likeness (QED) is 0.683. The Labute approximate surface area is 106 Å². The minimum Gasteiger partial charge on any atom is -0.396 e. The number of pyridine rings is 1. The van der Waals surface area contributed by atoms with Gasteiger partial charge in [-0.05, 0) is 17.9 Å². The molecular formula is C11H18N2O4S. The Morgan fingerprint density at radius 1 is 1.39 bits per heavy atom. The fraction of sp³-hybridized carbons (Fsp3) is 0.545. The summed E-state index contributed by atoms with van der Waals surface area (Å²) in [5, 5.41) is 8.86. The minimum absolute atomic E-state index is 0.00733. The van der Waals surface area contributed by atoms with Gasteiger partial charge in [-0.2, -0.15) is 0 Å². The molecule has 1 aromatic rings. The van der Waals surface area contributed by atoms with E-state index in [0.29, 0.717) is 6.42 Å². The van der Waals surface area contributed by atoms with E-state index in [1.807, 2.05) is 13.8 Å². The molecule has 6 nitrogen and oxygen atoms in total. The molecule has 0 spiro atoms. The molecule has 0 aromatic carbocycles. The van der Waals surface area contributed by atoms with Crippen molar-refractivity contribution in [3.05, 3.63) is 28.7 Å². The molecule has 0 amide bonds. The van der Waals surface area contributed by atoms with Crippen molar-refractivity contribution in [3.8, 4) is 0 Å². The van der Waals surface area contributed by atoms with Gasteiger partial charge in [0, 0.05) is 25.4 Å². The number of hydrogen-bond donors (Lipinski definition) is 3. The van der Waals surface area contributed by atoms with E-state index < -0.39 is 10.0 Å². The van der Waals surface area contributed by atoms with Gasteiger partial charge in [0.05, 0.1) is 4.90 Å². The lowest BCUT2D eigenvalue weighted by Crippen LogP contribution is -2.34. The lowest BCUT2D eigenvalue weighted by Gasteiger charge is -2.23. The smallest absolute Gasteiger partial charge is 0.247 e. The Bertz CT molecular complexity index is 528. The predicted octanol–water partition coefficient (Wildman–Crippen LogP) is 0.0618. The summed E-state index contributed by atoms with van der Waals surface area (Å²) in [7, 11) is -3.63. The standard InChI is InChI=1S/C11H18N2O4S/c1-11(2,5-6-14)8-13-18(16,17)9-3-4-10(15)12-7-9/h3-4,7,13-14H,5-6,8H2,1-2H3,(H,12,15). The first-order valence-electron chi connectivity index (χ1n) is 5.56. The van der Waals surface area contributed by atoms with E-state index in [4.69, 9.17) is 5.11 Å². The molecule has 0 saturated heterocycles. The van der Waals surface area contributed by atoms with Gasteiger partial charge in [-0.3, -0.25) is 4.79 Å². The van der Waals surface area contributed by atoms with Crippen LogP contribution in [0.1, 0.15) is 20.3 Å². The topological polar surface area (TPSA) is 99.3 Å². The fourth-order valence-electron chi connectivity index (χ4n) is 1.33. The van der Waals surface area contributed by atoms with Crippen LogP contribution >= 0.6 is 0 Å². The number of rotatable bonds is 6. The van der Waals surface area contributed by atoms with Crippen LogP contribution in [-0.4, -0.2) is 31.7 Å². The van der Waals surface area contributed by atoms with Crippen LogP contribution in [0, 0.1) is 5.41 Å². The van der Waals surface area contributed by atoms with Gasteiger partial charge in [-0.15, -0.1) is 0 Å². The van der Waals surface area contributed by atoms with Gasteiger partial charge in [-0.1, -0.05) is 13.8 Å². The zero-order valence-corrected chi connectivity index (χ0v) is 11.3. The third-order valence-corrected chi connectivity index (χ3v) is 3.99. The Balaban J connectivity index is 2.77. The summed E-state index contributed by atoms with van der Waals surface area (Å²) in [5.74, 6) is 0. The van der Waals surface area contributed by atoms with Gasteiger partial charge in [-0.25, -0.2) is 13.1 Å². The first-order valence-corrected chi connectivity index (χ1v) is 7.04. The number of sulfonamides is 1. The first-order chi connectivity index (χ1) is 8.27. The van der Waals surface area contributed by atoms with Crippen molar-refractivity contribution in [2.24, 2.45) is 5.41 Å². The third kappa shape index (κ3) is 4.25. The van der Waals surface area contributed by atoms with Crippen LogP contribution in [0.4, 0.5) is 0 Å². The van der Waals surface area contributed by atoms with Gasteiger partial charge in [0.1, 0.15) is 0 Å². The van der Waals surface area contributed by atoms with Gasteiger partial charge in [0.15, 0.2) is 0 Å². The Morgan fingerprint density at radius 3 is 2.56 bits per heavy atom. The van der Waals surface area contributed by atoms with E-state index in [-0.39, 0.29) is 29.0 Å². The maximum Gasteiger partial charge on any atom is 0.247 e. The fourth-order valence-corrected chi connectivity index (χ4v) is 2.54. The predicted molar refractivity (Wildman–Crippen MR) is 67.7 cm³/mol. The molecule has 1 heterocycles. The Kier molecular flexibility index (Phi) is 4.66. The average Bonchev–Trinajstić information content (AvgIpc) is 2.27. The van der Waals surface area contributed by atoms with Crippen LogP contribution in [0.3, 0.4) is 0 Å². The number of aromatic amines is 1. The third-order valence-electron chi connectivity index (χ3n) is 2.60. The molecule has 18 heavy (non-hydrogen) atoms. The minimum atomic E-state index is -3.63. The van der Waals surface area contributed by atoms with Crippen molar-refractivity contribution in [3.63, 3.8) is 0 Å². The molecule has 0 fully saturated rings. The second-order valence-electron chi connectivity index (χ2n) is 4.85. The summed E-state index contributed by atoms with van der Waals surface area (Å²) in [6.45, 7) is 3.94. The normalized spacial score (nSPS) is 12.6. The van der Waals surface area contributed by atoms with Crippen molar-refractivity contribution in [2.75, 3.05) is 13.2 Å². The second kappa shape index (κ2) is 5.64. The SMILES string of the molecule is CC(C)(CCO)CNS(=O)(=O)c1ccc(=O)[nH]c1. The van der Waals surface area contributed by atoms with Crippen LogP contribution < -0.4 is 10.3 Å². The van der Waals surface area contributed by atoms with Gasteiger partial charge >= 0.3 is 0 Å². The van der Waals surface area contributed by atoms with Crippen molar-refractivity contribution < 1.29 is 13.5 Å². The number of aliphatic hydroxyl groups excluding tert-OH is 1. The van der Waals surface area contributed by atoms with E-state index in [9.17, 15) is 13.2 Å². The number of nitrogens with one attached hydrogen (secondary N) is 2. The molecular weight excluding hydrogens is 256 g/mol. The van der Waals surface area contributed by atoms with Crippen LogP contribution in [0.25, 0.3) is 0 Å². The second-order valence-corrected chi connectivity index (χ2v) is 6.62. The first kappa shape index (κ1) is 14.9. The van der Waals surface area contributed by atoms with Crippen molar-refractivity contribution in [1.29, 1.82) is 0 Å². The molecule has 0 aliphatic carbocycles. The molecule has 0 saturated carbocycles. The number of aromatic nitrogens is 1. The van der Waals surface area contributed by atoms with Crippen LogP contribution in [0.2, 0.25) is 0 Å². The lowest BCUT2D eigenvalue weighted by atomic mass is 9.90. The number of hydrogen-bond acceptors (Lipinski definition) is 4. The molecule has 0 aliphatic heterocycles. The van der Waals surface area contributed by atoms with Crippen molar-refractivity contribution >= 4 is 10.0 Å². The van der Waals surface area contributed by atoms with Gasteiger partial charge in [0.25, 0.3) is 0 Å². The Morgan fingerprint density at radius 2 is 2.06 bits per heavy atom. The monoisotopic (exact) mass is 274 g/mol. The van der Waals surface area contributed by atoms with E-state index >= 15 is 0 Å². The molecule has 3 N–H and O–H groups in total. The number of H-pyrrole nitrogens is 1. The van der Waals surface area contributed by atoms with E-state index in [1.54, 1.807) is 0 Å². The zero-order chi connectivity index (χ0) is 13.8. The summed E-state index contributed by atoms with van der Waals surface area (Å²) < 4.78 is 26.3. The Hall–Kier alpha value is -1.18. The highest BCUT2D eigenvalue weighted by molar-refractivity contribution is 7.89. The van der Waals surface area contributed by atoms with Gasteiger partial charge in [0.2, 0.25) is 15.6 Å². The molecule has 102 valence electrons. The van der Waals surface area contributed by atoms with E-state index in [2.05, 4.69) is 9.71 Å². The summed E-state index contributed by atoms with van der Waals surface area (Å²) in [5.41, 5.74) is -0.682. The molecule has 0 unspecified atom stereocenters. The lowest BCUT2D eigenvalue weighted by molar-refractivity contribution is 0.213. The summed E-state index contributed by atoms with van der Waals surface area (Å²) in [6.07, 6.45) is 1.66. The number of aliphatic hydroxyl groups is 1.